The fourth-order valence-corrected chi connectivity index (χ4v) is 2.86. The molecule has 2 heteroatoms. The van der Waals surface area contributed by atoms with E-state index >= 15 is 0 Å². The molecule has 1 atom stereocenters. The number of nitrogens with one attached hydrogen (secondary N) is 1. The lowest BCUT2D eigenvalue weighted by molar-refractivity contribution is 0.202. The van der Waals surface area contributed by atoms with Crippen LogP contribution < -0.4 is 5.32 Å². The molecule has 0 saturated heterocycles. The maximum Gasteiger partial charge on any atom is 0.0132 e. The molecule has 84 valence electrons. The van der Waals surface area contributed by atoms with Crippen LogP contribution in [0.2, 0.25) is 0 Å². The Bertz CT molecular complexity index is 158. The zero-order valence-electron chi connectivity index (χ0n) is 10.1. The first kappa shape index (κ1) is 12.4. The van der Waals surface area contributed by atoms with Crippen LogP contribution >= 0.6 is 11.8 Å². The predicted molar refractivity (Wildman–Crippen MR) is 67.0 cm³/mol. The molecule has 1 nitrogen and oxygen atoms in total. The van der Waals surface area contributed by atoms with Crippen LogP contribution in [0, 0.1) is 5.41 Å². The summed E-state index contributed by atoms with van der Waals surface area (Å²) in [6.07, 6.45) is 7.69. The van der Waals surface area contributed by atoms with Crippen molar-refractivity contribution in [1.82, 2.24) is 5.32 Å². The quantitative estimate of drug-likeness (QED) is 0.772. The molecule has 1 aliphatic rings. The molecule has 0 radical (unpaired) electrons. The molecule has 1 N–H and O–H groups in total. The van der Waals surface area contributed by atoms with Gasteiger partial charge in [0.05, 0.1) is 0 Å². The van der Waals surface area contributed by atoms with Crippen molar-refractivity contribution < 1.29 is 0 Å². The van der Waals surface area contributed by atoms with Crippen LogP contribution in [0.4, 0.5) is 0 Å². The van der Waals surface area contributed by atoms with Crippen molar-refractivity contribution in [3.05, 3.63) is 0 Å². The Morgan fingerprint density at radius 1 is 1.36 bits per heavy atom. The Morgan fingerprint density at radius 3 is 2.43 bits per heavy atom. The molecule has 0 spiro atoms. The van der Waals surface area contributed by atoms with Crippen molar-refractivity contribution in [2.45, 2.75) is 58.5 Å². The largest absolute Gasteiger partial charge is 0.311 e. The smallest absolute Gasteiger partial charge is 0.0132 e. The highest BCUT2D eigenvalue weighted by Gasteiger charge is 2.26. The number of rotatable bonds is 4. The highest BCUT2D eigenvalue weighted by molar-refractivity contribution is 7.98. The Kier molecular flexibility index (Phi) is 4.78. The van der Waals surface area contributed by atoms with Crippen molar-refractivity contribution in [3.8, 4) is 0 Å². The van der Waals surface area contributed by atoms with Crippen molar-refractivity contribution >= 4 is 11.8 Å². The van der Waals surface area contributed by atoms with Crippen LogP contribution in [0.25, 0.3) is 0 Å². The van der Waals surface area contributed by atoms with Crippen LogP contribution in [0.15, 0.2) is 0 Å². The molecule has 1 fully saturated rings. The topological polar surface area (TPSA) is 12.0 Å². The molecular formula is C12H25NS. The highest BCUT2D eigenvalue weighted by Crippen LogP contribution is 2.35. The van der Waals surface area contributed by atoms with Crippen molar-refractivity contribution in [2.75, 3.05) is 12.0 Å². The molecule has 1 saturated carbocycles. The first-order valence-corrected chi connectivity index (χ1v) is 7.18. The second-order valence-electron chi connectivity index (χ2n) is 5.46. The van der Waals surface area contributed by atoms with Crippen molar-refractivity contribution in [3.63, 3.8) is 0 Å². The minimum absolute atomic E-state index is 0.598. The van der Waals surface area contributed by atoms with E-state index in [0.29, 0.717) is 11.5 Å². The van der Waals surface area contributed by atoms with Gasteiger partial charge < -0.3 is 5.32 Å². The molecule has 14 heavy (non-hydrogen) atoms. The number of thioether (sulfide) groups is 1. The minimum Gasteiger partial charge on any atom is -0.311 e. The van der Waals surface area contributed by atoms with Gasteiger partial charge in [-0.05, 0) is 44.3 Å². The van der Waals surface area contributed by atoms with Gasteiger partial charge in [-0.2, -0.15) is 11.8 Å². The standard InChI is InChI=1S/C12H25NS/c1-10(9-14-4)13-11-5-7-12(2,3)8-6-11/h10-11,13H,5-9H2,1-4H3. The Morgan fingerprint density at radius 2 is 1.93 bits per heavy atom. The van der Waals surface area contributed by atoms with E-state index in [2.05, 4.69) is 32.3 Å². The minimum atomic E-state index is 0.598. The molecule has 0 heterocycles. The van der Waals surface area contributed by atoms with Crippen molar-refractivity contribution in [2.24, 2.45) is 5.41 Å². The van der Waals surface area contributed by atoms with Crippen LogP contribution in [0.5, 0.6) is 0 Å². The van der Waals surface area contributed by atoms with E-state index in [4.69, 9.17) is 0 Å². The summed E-state index contributed by atoms with van der Waals surface area (Å²) in [4.78, 5) is 0. The third kappa shape index (κ3) is 4.22. The highest BCUT2D eigenvalue weighted by atomic mass is 32.2. The van der Waals surface area contributed by atoms with E-state index in [1.54, 1.807) is 0 Å². The van der Waals surface area contributed by atoms with Gasteiger partial charge in [-0.3, -0.25) is 0 Å². The first-order chi connectivity index (χ1) is 6.53. The first-order valence-electron chi connectivity index (χ1n) is 5.78. The van der Waals surface area contributed by atoms with Gasteiger partial charge in [-0.1, -0.05) is 13.8 Å². The Labute approximate surface area is 93.4 Å². The summed E-state index contributed by atoms with van der Waals surface area (Å²) in [5.74, 6) is 1.24. The lowest BCUT2D eigenvalue weighted by Gasteiger charge is -2.36. The second kappa shape index (κ2) is 5.41. The molecule has 0 bridgehead atoms. The molecule has 1 rings (SSSR count). The van der Waals surface area contributed by atoms with E-state index in [9.17, 15) is 0 Å². The summed E-state index contributed by atoms with van der Waals surface area (Å²) >= 11 is 1.94. The van der Waals surface area contributed by atoms with E-state index in [-0.39, 0.29) is 0 Å². The molecule has 1 aliphatic carbocycles. The maximum atomic E-state index is 3.74. The lowest BCUT2D eigenvalue weighted by atomic mass is 9.75. The molecule has 0 aliphatic heterocycles. The Hall–Kier alpha value is 0.310. The number of hydrogen-bond donors (Lipinski definition) is 1. The van der Waals surface area contributed by atoms with Gasteiger partial charge in [0.2, 0.25) is 0 Å². The molecule has 0 aromatic heterocycles. The average Bonchev–Trinajstić information content (AvgIpc) is 2.09. The summed E-state index contributed by atoms with van der Waals surface area (Å²) in [7, 11) is 0. The lowest BCUT2D eigenvalue weighted by Crippen LogP contribution is -2.41. The van der Waals surface area contributed by atoms with E-state index in [0.717, 1.165) is 6.04 Å². The average molecular weight is 215 g/mol. The normalized spacial score (nSPS) is 24.9. The summed E-state index contributed by atoms with van der Waals surface area (Å²) in [5, 5.41) is 3.74. The van der Waals surface area contributed by atoms with Gasteiger partial charge in [0.25, 0.3) is 0 Å². The maximum absolute atomic E-state index is 3.74. The van der Waals surface area contributed by atoms with Crippen LogP contribution in [-0.2, 0) is 0 Å². The fraction of sp³-hybridized carbons (Fsp3) is 1.00. The van der Waals surface area contributed by atoms with Crippen LogP contribution in [-0.4, -0.2) is 24.1 Å². The van der Waals surface area contributed by atoms with Gasteiger partial charge in [-0.15, -0.1) is 0 Å². The third-order valence-corrected chi connectivity index (χ3v) is 4.11. The monoisotopic (exact) mass is 215 g/mol. The second-order valence-corrected chi connectivity index (χ2v) is 6.37. The predicted octanol–water partition coefficient (Wildman–Crippen LogP) is 3.30. The van der Waals surface area contributed by atoms with Gasteiger partial charge in [-0.25, -0.2) is 0 Å². The molecule has 0 aromatic rings. The Balaban J connectivity index is 2.22. The molecule has 0 amide bonds. The van der Waals surface area contributed by atoms with Crippen molar-refractivity contribution in [1.29, 1.82) is 0 Å². The molecular weight excluding hydrogens is 190 g/mol. The summed E-state index contributed by atoms with van der Waals surface area (Å²) in [6.45, 7) is 7.10. The molecule has 1 unspecified atom stereocenters. The van der Waals surface area contributed by atoms with Gasteiger partial charge in [0.15, 0.2) is 0 Å². The SMILES string of the molecule is CSCC(C)NC1CCC(C)(C)CC1. The summed E-state index contributed by atoms with van der Waals surface area (Å²) in [5.41, 5.74) is 0.598. The number of hydrogen-bond acceptors (Lipinski definition) is 2. The molecule has 0 aromatic carbocycles. The zero-order valence-corrected chi connectivity index (χ0v) is 10.9. The van der Waals surface area contributed by atoms with Crippen LogP contribution in [0.3, 0.4) is 0 Å². The van der Waals surface area contributed by atoms with E-state index < -0.39 is 0 Å². The van der Waals surface area contributed by atoms with Gasteiger partial charge in [0, 0.05) is 17.8 Å². The summed E-state index contributed by atoms with van der Waals surface area (Å²) in [6, 6.07) is 1.46. The van der Waals surface area contributed by atoms with E-state index in [1.807, 2.05) is 11.8 Å². The van der Waals surface area contributed by atoms with Gasteiger partial charge >= 0.3 is 0 Å². The summed E-state index contributed by atoms with van der Waals surface area (Å²) < 4.78 is 0. The van der Waals surface area contributed by atoms with Gasteiger partial charge in [0.1, 0.15) is 0 Å². The third-order valence-electron chi connectivity index (χ3n) is 3.28. The van der Waals surface area contributed by atoms with Crippen LogP contribution in [0.1, 0.15) is 46.5 Å². The zero-order chi connectivity index (χ0) is 10.6. The van der Waals surface area contributed by atoms with E-state index in [1.165, 1.54) is 31.4 Å². The fourth-order valence-electron chi connectivity index (χ4n) is 2.27.